The molecule has 0 amide bonds. The average molecular weight is 339 g/mol. The van der Waals surface area contributed by atoms with Crippen molar-refractivity contribution in [3.8, 4) is 0 Å². The summed E-state index contributed by atoms with van der Waals surface area (Å²) in [5.74, 6) is 2.21. The molecule has 2 fully saturated rings. The standard InChI is InChI=1S/C21H26N2S/c1-20(2)8-14-9-21(3,12-20)13-23(14)19-15-6-4-5-7-17(15)22-18-11-24-10-16(18)19/h4-7,14H,8-13H2,1-3H3. The van der Waals surface area contributed by atoms with E-state index in [1.807, 2.05) is 11.8 Å². The summed E-state index contributed by atoms with van der Waals surface area (Å²) in [7, 11) is 0. The van der Waals surface area contributed by atoms with Crippen LogP contribution >= 0.6 is 11.8 Å². The van der Waals surface area contributed by atoms with Crippen molar-refractivity contribution in [2.75, 3.05) is 11.4 Å². The topological polar surface area (TPSA) is 16.1 Å². The Bertz CT molecular complexity index is 828. The number of nitrogens with zero attached hydrogens (tertiary/aromatic N) is 2. The average Bonchev–Trinajstić information content (AvgIpc) is 3.05. The van der Waals surface area contributed by atoms with E-state index in [4.69, 9.17) is 4.98 Å². The lowest BCUT2D eigenvalue weighted by atomic mass is 9.65. The van der Waals surface area contributed by atoms with Crippen LogP contribution in [0.3, 0.4) is 0 Å². The molecule has 2 unspecified atom stereocenters. The maximum absolute atomic E-state index is 4.97. The van der Waals surface area contributed by atoms with Gasteiger partial charge in [0.05, 0.1) is 16.9 Å². The SMILES string of the molecule is CC1(C)CC2CC(C)(CN2c2c3c(nc4ccccc24)CSC3)C1. The summed E-state index contributed by atoms with van der Waals surface area (Å²) < 4.78 is 0. The maximum atomic E-state index is 4.97. The minimum atomic E-state index is 0.465. The van der Waals surface area contributed by atoms with Crippen LogP contribution in [0.1, 0.15) is 51.3 Å². The van der Waals surface area contributed by atoms with Gasteiger partial charge in [0.1, 0.15) is 0 Å². The summed E-state index contributed by atoms with van der Waals surface area (Å²) in [6.45, 7) is 8.66. The summed E-state index contributed by atoms with van der Waals surface area (Å²) in [4.78, 5) is 7.75. The van der Waals surface area contributed by atoms with E-state index in [1.165, 1.54) is 53.7 Å². The van der Waals surface area contributed by atoms with Crippen molar-refractivity contribution in [2.45, 2.75) is 57.6 Å². The third-order valence-corrected chi connectivity index (χ3v) is 7.21. The van der Waals surface area contributed by atoms with E-state index < -0.39 is 0 Å². The summed E-state index contributed by atoms with van der Waals surface area (Å²) in [6, 6.07) is 9.47. The highest BCUT2D eigenvalue weighted by molar-refractivity contribution is 7.98. The number of rotatable bonds is 1. The molecular formula is C21H26N2S. The lowest BCUT2D eigenvalue weighted by Gasteiger charge is -2.39. The molecule has 0 N–H and O–H groups in total. The van der Waals surface area contributed by atoms with Crippen molar-refractivity contribution in [2.24, 2.45) is 10.8 Å². The van der Waals surface area contributed by atoms with Gasteiger partial charge in [-0.25, -0.2) is 0 Å². The zero-order chi connectivity index (χ0) is 16.5. The fourth-order valence-electron chi connectivity index (χ4n) is 5.85. The van der Waals surface area contributed by atoms with Gasteiger partial charge in [-0.3, -0.25) is 4.98 Å². The normalized spacial score (nSPS) is 30.8. The fraction of sp³-hybridized carbons (Fsp3) is 0.571. The number of fused-ring (bicyclic) bond motifs is 4. The number of aromatic nitrogens is 1. The zero-order valence-corrected chi connectivity index (χ0v) is 15.7. The first-order chi connectivity index (χ1) is 11.4. The van der Waals surface area contributed by atoms with Crippen molar-refractivity contribution < 1.29 is 0 Å². The van der Waals surface area contributed by atoms with Crippen molar-refractivity contribution in [3.63, 3.8) is 0 Å². The van der Waals surface area contributed by atoms with Gasteiger partial charge in [-0.05, 0) is 36.2 Å². The quantitative estimate of drug-likeness (QED) is 0.694. The van der Waals surface area contributed by atoms with Crippen molar-refractivity contribution >= 4 is 28.4 Å². The van der Waals surface area contributed by atoms with E-state index in [0.717, 1.165) is 11.5 Å². The Balaban J connectivity index is 1.70. The number of hydrogen-bond donors (Lipinski definition) is 0. The molecule has 2 bridgehead atoms. The number of thioether (sulfide) groups is 1. The van der Waals surface area contributed by atoms with Gasteiger partial charge < -0.3 is 4.90 Å². The Morgan fingerprint density at radius 2 is 1.96 bits per heavy atom. The van der Waals surface area contributed by atoms with E-state index in [9.17, 15) is 0 Å². The van der Waals surface area contributed by atoms with Crippen LogP contribution in [0.4, 0.5) is 5.69 Å². The van der Waals surface area contributed by atoms with Crippen molar-refractivity contribution in [1.29, 1.82) is 0 Å². The molecule has 3 heteroatoms. The van der Waals surface area contributed by atoms with Gasteiger partial charge in [0.15, 0.2) is 0 Å². The van der Waals surface area contributed by atoms with Gasteiger partial charge in [-0.1, -0.05) is 39.0 Å². The molecule has 2 aromatic rings. The first-order valence-corrected chi connectivity index (χ1v) is 10.3. The number of anilines is 1. The third-order valence-electron chi connectivity index (χ3n) is 6.24. The number of benzene rings is 1. The number of para-hydroxylation sites is 1. The van der Waals surface area contributed by atoms with Gasteiger partial charge in [0, 0.05) is 35.0 Å². The zero-order valence-electron chi connectivity index (χ0n) is 14.9. The van der Waals surface area contributed by atoms with Crippen LogP contribution in [0.15, 0.2) is 24.3 Å². The Hall–Kier alpha value is -1.22. The fourth-order valence-corrected chi connectivity index (χ4v) is 6.90. The van der Waals surface area contributed by atoms with Gasteiger partial charge >= 0.3 is 0 Å². The van der Waals surface area contributed by atoms with Gasteiger partial charge in [-0.15, -0.1) is 0 Å². The van der Waals surface area contributed by atoms with E-state index in [-0.39, 0.29) is 0 Å². The lowest BCUT2D eigenvalue weighted by molar-refractivity contribution is 0.136. The van der Waals surface area contributed by atoms with E-state index in [1.54, 1.807) is 0 Å². The van der Waals surface area contributed by atoms with Crippen LogP contribution in [-0.2, 0) is 11.5 Å². The van der Waals surface area contributed by atoms with E-state index in [2.05, 4.69) is 49.9 Å². The lowest BCUT2D eigenvalue weighted by Crippen LogP contribution is -2.35. The van der Waals surface area contributed by atoms with E-state index in [0.29, 0.717) is 16.9 Å². The second-order valence-electron chi connectivity index (χ2n) is 9.24. The molecule has 24 heavy (non-hydrogen) atoms. The minimum absolute atomic E-state index is 0.465. The molecule has 0 radical (unpaired) electrons. The van der Waals surface area contributed by atoms with Gasteiger partial charge in [0.25, 0.3) is 0 Å². The molecule has 2 atom stereocenters. The summed E-state index contributed by atoms with van der Waals surface area (Å²) in [6.07, 6.45) is 4.03. The molecule has 2 nitrogen and oxygen atoms in total. The third kappa shape index (κ3) is 2.20. The highest BCUT2D eigenvalue weighted by Gasteiger charge is 2.50. The molecule has 126 valence electrons. The van der Waals surface area contributed by atoms with Crippen LogP contribution in [-0.4, -0.2) is 17.6 Å². The van der Waals surface area contributed by atoms with Crippen LogP contribution in [0.2, 0.25) is 0 Å². The van der Waals surface area contributed by atoms with Crippen LogP contribution in [0.25, 0.3) is 10.9 Å². The largest absolute Gasteiger partial charge is 0.367 e. The molecule has 1 saturated carbocycles. The highest BCUT2D eigenvalue weighted by Crippen LogP contribution is 2.55. The Labute approximate surface area is 149 Å². The summed E-state index contributed by atoms with van der Waals surface area (Å²) >= 11 is 2.02. The van der Waals surface area contributed by atoms with Crippen LogP contribution in [0.5, 0.6) is 0 Å². The predicted octanol–water partition coefficient (Wildman–Crippen LogP) is 5.39. The molecule has 1 aliphatic carbocycles. The number of hydrogen-bond acceptors (Lipinski definition) is 3. The second-order valence-corrected chi connectivity index (χ2v) is 10.2. The van der Waals surface area contributed by atoms with Crippen molar-refractivity contribution in [1.82, 2.24) is 4.98 Å². The molecule has 2 aliphatic heterocycles. The second kappa shape index (κ2) is 4.91. The van der Waals surface area contributed by atoms with Crippen LogP contribution in [0, 0.1) is 10.8 Å². The monoisotopic (exact) mass is 338 g/mol. The predicted molar refractivity (Wildman–Crippen MR) is 104 cm³/mol. The summed E-state index contributed by atoms with van der Waals surface area (Å²) in [5, 5.41) is 1.37. The highest BCUT2D eigenvalue weighted by atomic mass is 32.2. The smallest absolute Gasteiger partial charge is 0.0726 e. The molecular weight excluding hydrogens is 312 g/mol. The Morgan fingerprint density at radius 3 is 2.83 bits per heavy atom. The molecule has 1 aromatic carbocycles. The Kier molecular flexibility index (Phi) is 3.08. The van der Waals surface area contributed by atoms with Gasteiger partial charge in [0.2, 0.25) is 0 Å². The molecule has 3 heterocycles. The van der Waals surface area contributed by atoms with Crippen LogP contribution < -0.4 is 4.90 Å². The first kappa shape index (κ1) is 15.1. The number of pyridine rings is 1. The molecule has 1 saturated heterocycles. The van der Waals surface area contributed by atoms with Gasteiger partial charge in [-0.2, -0.15) is 11.8 Å². The van der Waals surface area contributed by atoms with Crippen molar-refractivity contribution in [3.05, 3.63) is 35.5 Å². The van der Waals surface area contributed by atoms with E-state index >= 15 is 0 Å². The minimum Gasteiger partial charge on any atom is -0.367 e. The maximum Gasteiger partial charge on any atom is 0.0726 e. The molecule has 5 rings (SSSR count). The molecule has 3 aliphatic rings. The summed E-state index contributed by atoms with van der Waals surface area (Å²) in [5.41, 5.74) is 6.49. The Morgan fingerprint density at radius 1 is 1.12 bits per heavy atom. The molecule has 1 aromatic heterocycles. The first-order valence-electron chi connectivity index (χ1n) is 9.19. The molecule has 0 spiro atoms.